The minimum absolute atomic E-state index is 0. The predicted octanol–water partition coefficient (Wildman–Crippen LogP) is 2.23. The number of hydrogen-bond donors (Lipinski definition) is 0. The lowest BCUT2D eigenvalue weighted by Gasteiger charge is -2.27. The molecule has 2 aromatic heterocycles. The Morgan fingerprint density at radius 1 is 1.14 bits per heavy atom. The quantitative estimate of drug-likeness (QED) is 0.662. The third-order valence-electron chi connectivity index (χ3n) is 6.00. The summed E-state index contributed by atoms with van der Waals surface area (Å²) in [6.07, 6.45) is 3.41. The van der Waals surface area contributed by atoms with Crippen LogP contribution in [0.4, 0.5) is 0 Å². The monoisotopic (exact) mass is 398 g/mol. The van der Waals surface area contributed by atoms with Crippen molar-refractivity contribution < 1.29 is 4.79 Å². The Labute approximate surface area is 169 Å². The first-order valence-corrected chi connectivity index (χ1v) is 9.34. The molecule has 1 amide bonds. The zero-order valence-corrected chi connectivity index (χ0v) is 16.7. The third kappa shape index (κ3) is 2.95. The van der Waals surface area contributed by atoms with Crippen molar-refractivity contribution in [2.24, 2.45) is 11.8 Å². The van der Waals surface area contributed by atoms with Gasteiger partial charge in [0.25, 0.3) is 11.7 Å². The van der Waals surface area contributed by atoms with Gasteiger partial charge in [-0.25, -0.2) is 9.50 Å². The number of amides is 1. The number of halogens is 1. The topological polar surface area (TPSA) is 66.6 Å². The van der Waals surface area contributed by atoms with Crippen molar-refractivity contribution in [3.05, 3.63) is 59.7 Å². The number of benzene rings is 1. The lowest BCUT2D eigenvalue weighted by atomic mass is 9.88. The Balaban J connectivity index is 0.00000192. The first kappa shape index (κ1) is 18.8. The maximum Gasteiger partial charge on any atom is 0.293 e. The average molecular weight is 399 g/mol. The molecular formula is C20H23ClN6O. The van der Waals surface area contributed by atoms with Gasteiger partial charge in [-0.1, -0.05) is 24.3 Å². The van der Waals surface area contributed by atoms with E-state index in [9.17, 15) is 4.79 Å². The van der Waals surface area contributed by atoms with Crippen molar-refractivity contribution in [2.75, 3.05) is 26.7 Å². The van der Waals surface area contributed by atoms with Crippen LogP contribution in [0.2, 0.25) is 0 Å². The van der Waals surface area contributed by atoms with Gasteiger partial charge in [-0.15, -0.1) is 17.5 Å². The van der Waals surface area contributed by atoms with Crippen LogP contribution in [0.5, 0.6) is 0 Å². The number of carbonyl (C=O) groups is 1. The SMILES string of the molecule is Cc1ccccc1[C@H]1[C@@H]2CN(C(=O)c3nc4ncccn4n3)C[C@@H]2CN1C.Cl. The van der Waals surface area contributed by atoms with Gasteiger partial charge in [-0.3, -0.25) is 9.69 Å². The molecule has 1 aromatic carbocycles. The van der Waals surface area contributed by atoms with Crippen LogP contribution in [0.25, 0.3) is 5.78 Å². The van der Waals surface area contributed by atoms with Crippen LogP contribution in [0, 0.1) is 18.8 Å². The van der Waals surface area contributed by atoms with Crippen molar-refractivity contribution in [1.29, 1.82) is 0 Å². The number of rotatable bonds is 2. The van der Waals surface area contributed by atoms with Crippen LogP contribution in [-0.4, -0.2) is 62.0 Å². The zero-order chi connectivity index (χ0) is 18.5. The van der Waals surface area contributed by atoms with Gasteiger partial charge in [-0.05, 0) is 37.1 Å². The lowest BCUT2D eigenvalue weighted by Crippen LogP contribution is -2.34. The molecule has 0 radical (unpaired) electrons. The summed E-state index contributed by atoms with van der Waals surface area (Å²) in [6, 6.07) is 10.7. The van der Waals surface area contributed by atoms with E-state index >= 15 is 0 Å². The summed E-state index contributed by atoms with van der Waals surface area (Å²) in [4.78, 5) is 25.8. The number of fused-ring (bicyclic) bond motifs is 2. The lowest BCUT2D eigenvalue weighted by molar-refractivity contribution is 0.0756. The van der Waals surface area contributed by atoms with Crippen LogP contribution in [0.3, 0.4) is 0 Å². The van der Waals surface area contributed by atoms with Crippen LogP contribution < -0.4 is 0 Å². The Hall–Kier alpha value is -2.51. The number of aryl methyl sites for hydroxylation is 1. The summed E-state index contributed by atoms with van der Waals surface area (Å²) >= 11 is 0. The van der Waals surface area contributed by atoms with Crippen molar-refractivity contribution in [2.45, 2.75) is 13.0 Å². The number of hydrogen-bond acceptors (Lipinski definition) is 5. The molecule has 28 heavy (non-hydrogen) atoms. The van der Waals surface area contributed by atoms with E-state index in [-0.39, 0.29) is 24.1 Å². The predicted molar refractivity (Wildman–Crippen MR) is 107 cm³/mol. The first-order valence-electron chi connectivity index (χ1n) is 9.34. The van der Waals surface area contributed by atoms with E-state index in [1.165, 1.54) is 11.1 Å². The highest BCUT2D eigenvalue weighted by molar-refractivity contribution is 5.91. The van der Waals surface area contributed by atoms with Gasteiger partial charge >= 0.3 is 0 Å². The van der Waals surface area contributed by atoms with Crippen molar-refractivity contribution in [3.8, 4) is 0 Å². The fourth-order valence-electron chi connectivity index (χ4n) is 4.78. The normalized spacial score (nSPS) is 24.4. The van der Waals surface area contributed by atoms with Crippen molar-refractivity contribution >= 4 is 24.1 Å². The van der Waals surface area contributed by atoms with Gasteiger partial charge in [0.1, 0.15) is 0 Å². The minimum Gasteiger partial charge on any atom is -0.335 e. The van der Waals surface area contributed by atoms with E-state index in [2.05, 4.69) is 58.2 Å². The van der Waals surface area contributed by atoms with E-state index in [0.29, 0.717) is 23.7 Å². The Bertz CT molecular complexity index is 988. The Morgan fingerprint density at radius 3 is 2.75 bits per heavy atom. The summed E-state index contributed by atoms with van der Waals surface area (Å²) in [5, 5.41) is 4.30. The second-order valence-electron chi connectivity index (χ2n) is 7.67. The second-order valence-corrected chi connectivity index (χ2v) is 7.67. The Morgan fingerprint density at radius 2 is 1.96 bits per heavy atom. The molecule has 5 rings (SSSR count). The van der Waals surface area contributed by atoms with Crippen LogP contribution in [0.1, 0.15) is 27.8 Å². The first-order chi connectivity index (χ1) is 13.1. The molecule has 0 saturated carbocycles. The summed E-state index contributed by atoms with van der Waals surface area (Å²) in [5.41, 5.74) is 2.68. The molecule has 3 aromatic rings. The smallest absolute Gasteiger partial charge is 0.293 e. The second kappa shape index (κ2) is 7.14. The highest BCUT2D eigenvalue weighted by atomic mass is 35.5. The molecule has 2 aliphatic heterocycles. The van der Waals surface area contributed by atoms with Gasteiger partial charge in [0.2, 0.25) is 5.82 Å². The number of carbonyl (C=O) groups excluding carboxylic acids is 1. The standard InChI is InChI=1S/C20H22N6O.ClH/c1-13-6-3-4-7-15(13)17-16-12-25(11-14(16)10-24(17)2)19(27)18-22-20-21-8-5-9-26(20)23-18;/h3-9,14,16-17H,10-12H2,1-2H3;1H/t14-,16+,17-;/m0./s1. The summed E-state index contributed by atoms with van der Waals surface area (Å²) in [5.74, 6) is 1.52. The molecule has 7 nitrogen and oxygen atoms in total. The van der Waals surface area contributed by atoms with Gasteiger partial charge in [0.15, 0.2) is 0 Å². The van der Waals surface area contributed by atoms with Crippen LogP contribution in [0.15, 0.2) is 42.7 Å². The number of nitrogens with zero attached hydrogens (tertiary/aromatic N) is 6. The van der Waals surface area contributed by atoms with Crippen LogP contribution in [-0.2, 0) is 0 Å². The van der Waals surface area contributed by atoms with E-state index in [0.717, 1.165) is 19.6 Å². The van der Waals surface area contributed by atoms with Gasteiger partial charge in [0, 0.05) is 44.0 Å². The van der Waals surface area contributed by atoms with E-state index in [1.54, 1.807) is 23.0 Å². The van der Waals surface area contributed by atoms with Gasteiger partial charge in [0.05, 0.1) is 0 Å². The molecule has 4 heterocycles. The number of likely N-dealkylation sites (tertiary alicyclic amines) is 2. The molecule has 0 bridgehead atoms. The molecule has 2 saturated heterocycles. The fourth-order valence-corrected chi connectivity index (χ4v) is 4.78. The summed E-state index contributed by atoms with van der Waals surface area (Å²) < 4.78 is 1.55. The van der Waals surface area contributed by atoms with Crippen molar-refractivity contribution in [1.82, 2.24) is 29.4 Å². The third-order valence-corrected chi connectivity index (χ3v) is 6.00. The zero-order valence-electron chi connectivity index (χ0n) is 15.9. The van der Waals surface area contributed by atoms with Crippen LogP contribution >= 0.6 is 12.4 Å². The molecule has 0 aliphatic carbocycles. The maximum absolute atomic E-state index is 13.0. The molecule has 2 aliphatic rings. The molecule has 2 fully saturated rings. The fraction of sp³-hybridized carbons (Fsp3) is 0.400. The largest absolute Gasteiger partial charge is 0.335 e. The Kier molecular flexibility index (Phi) is 4.81. The molecular weight excluding hydrogens is 376 g/mol. The number of aromatic nitrogens is 4. The minimum atomic E-state index is -0.0962. The summed E-state index contributed by atoms with van der Waals surface area (Å²) in [6.45, 7) is 4.69. The molecule has 0 N–H and O–H groups in total. The highest BCUT2D eigenvalue weighted by Gasteiger charge is 2.48. The van der Waals surface area contributed by atoms with Crippen molar-refractivity contribution in [3.63, 3.8) is 0 Å². The van der Waals surface area contributed by atoms with E-state index < -0.39 is 0 Å². The van der Waals surface area contributed by atoms with Gasteiger partial charge < -0.3 is 4.90 Å². The molecule has 0 spiro atoms. The molecule has 0 unspecified atom stereocenters. The average Bonchev–Trinajstić information content (AvgIpc) is 3.34. The summed E-state index contributed by atoms with van der Waals surface area (Å²) in [7, 11) is 2.19. The molecule has 8 heteroatoms. The van der Waals surface area contributed by atoms with E-state index in [1.807, 2.05) is 4.90 Å². The highest BCUT2D eigenvalue weighted by Crippen LogP contribution is 2.44. The molecule has 146 valence electrons. The molecule has 3 atom stereocenters. The maximum atomic E-state index is 13.0. The van der Waals surface area contributed by atoms with E-state index in [4.69, 9.17) is 0 Å². The van der Waals surface area contributed by atoms with Gasteiger partial charge in [-0.2, -0.15) is 4.98 Å².